The lowest BCUT2D eigenvalue weighted by molar-refractivity contribution is -0.122. The molecule has 7 heteroatoms. The summed E-state index contributed by atoms with van der Waals surface area (Å²) in [5, 5.41) is 12.5. The van der Waals surface area contributed by atoms with Crippen LogP contribution in [0.1, 0.15) is 18.1 Å². The Morgan fingerprint density at radius 3 is 2.59 bits per heavy atom. The summed E-state index contributed by atoms with van der Waals surface area (Å²) in [6.07, 6.45) is 0. The number of nitrogens with zero attached hydrogens (tertiary/aromatic N) is 1. The number of nitrogens with two attached hydrogens (primary N) is 1. The van der Waals surface area contributed by atoms with Crippen molar-refractivity contribution in [3.8, 4) is 6.07 Å². The maximum Gasteiger partial charge on any atom is 0.295 e. The van der Waals surface area contributed by atoms with Crippen molar-refractivity contribution in [2.75, 3.05) is 5.32 Å². The summed E-state index contributed by atoms with van der Waals surface area (Å²) in [4.78, 5) is 25.9. The molecule has 2 aliphatic rings. The zero-order chi connectivity index (χ0) is 20.6. The van der Waals surface area contributed by atoms with Gasteiger partial charge in [0.1, 0.15) is 23.8 Å². The first-order chi connectivity index (χ1) is 14.0. The number of hydrogen-bond acceptors (Lipinski definition) is 6. The van der Waals surface area contributed by atoms with E-state index in [1.807, 2.05) is 36.4 Å². The first-order valence-electron chi connectivity index (χ1n) is 8.91. The van der Waals surface area contributed by atoms with Crippen LogP contribution in [-0.2, 0) is 31.1 Å². The number of rotatable bonds is 4. The van der Waals surface area contributed by atoms with Crippen molar-refractivity contribution < 1.29 is 19.1 Å². The Balaban J connectivity index is 1.92. The molecule has 0 aliphatic carbocycles. The lowest BCUT2D eigenvalue weighted by atomic mass is 9.68. The molecule has 29 heavy (non-hydrogen) atoms. The number of para-hydroxylation sites is 1. The van der Waals surface area contributed by atoms with Crippen molar-refractivity contribution in [2.45, 2.75) is 18.9 Å². The van der Waals surface area contributed by atoms with Crippen molar-refractivity contribution in [2.24, 2.45) is 5.73 Å². The number of Topliss-reactive ketones (excluding diaryl/α,β-unsaturated/α-hetero) is 1. The fourth-order valence-corrected chi connectivity index (χ4v) is 3.79. The van der Waals surface area contributed by atoms with Crippen LogP contribution in [0.2, 0.25) is 0 Å². The van der Waals surface area contributed by atoms with Crippen LogP contribution in [0, 0.1) is 11.3 Å². The first kappa shape index (κ1) is 18.3. The second kappa shape index (κ2) is 6.84. The van der Waals surface area contributed by atoms with E-state index in [0.29, 0.717) is 11.3 Å². The number of ether oxygens (including phenoxy) is 2. The van der Waals surface area contributed by atoms with E-state index < -0.39 is 17.1 Å². The number of carbonyl (C=O) groups is 2. The molecule has 2 aromatic rings. The highest BCUT2D eigenvalue weighted by molar-refractivity contribution is 6.18. The molecular weight excluding hydrogens is 370 g/mol. The number of nitrogens with one attached hydrogen (secondary N) is 1. The molecule has 4 rings (SSSR count). The third kappa shape index (κ3) is 2.65. The fourth-order valence-electron chi connectivity index (χ4n) is 3.79. The maximum atomic E-state index is 13.2. The van der Waals surface area contributed by atoms with Crippen molar-refractivity contribution in [3.63, 3.8) is 0 Å². The monoisotopic (exact) mass is 387 g/mol. The maximum absolute atomic E-state index is 13.2. The molecule has 1 atom stereocenters. The van der Waals surface area contributed by atoms with Gasteiger partial charge in [-0.15, -0.1) is 0 Å². The number of benzene rings is 2. The summed E-state index contributed by atoms with van der Waals surface area (Å²) < 4.78 is 11.3. The summed E-state index contributed by atoms with van der Waals surface area (Å²) in [5.74, 6) is -1.45. The first-order valence-corrected chi connectivity index (χ1v) is 8.91. The van der Waals surface area contributed by atoms with Crippen LogP contribution < -0.4 is 11.1 Å². The number of ketones is 1. The molecule has 144 valence electrons. The quantitative estimate of drug-likeness (QED) is 0.833. The molecule has 1 amide bonds. The Hall–Kier alpha value is -4.05. The third-order valence-corrected chi connectivity index (χ3v) is 5.00. The van der Waals surface area contributed by atoms with Gasteiger partial charge in [0.15, 0.2) is 11.2 Å². The summed E-state index contributed by atoms with van der Waals surface area (Å²) >= 11 is 0. The minimum Gasteiger partial charge on any atom is -0.460 e. The lowest BCUT2D eigenvalue weighted by Gasteiger charge is -2.34. The Labute approximate surface area is 167 Å². The summed E-state index contributed by atoms with van der Waals surface area (Å²) in [7, 11) is 0. The Morgan fingerprint density at radius 2 is 1.90 bits per heavy atom. The number of anilines is 1. The largest absolute Gasteiger partial charge is 0.460 e. The highest BCUT2D eigenvalue weighted by Gasteiger charge is 2.59. The number of carbonyl (C=O) groups excluding carboxylic acids is 2. The van der Waals surface area contributed by atoms with Gasteiger partial charge in [-0.3, -0.25) is 9.59 Å². The molecule has 0 bridgehead atoms. The van der Waals surface area contributed by atoms with E-state index >= 15 is 0 Å². The van der Waals surface area contributed by atoms with E-state index in [2.05, 4.69) is 5.32 Å². The van der Waals surface area contributed by atoms with E-state index in [-0.39, 0.29) is 29.6 Å². The molecule has 2 aliphatic heterocycles. The molecule has 3 N–H and O–H groups in total. The van der Waals surface area contributed by atoms with Gasteiger partial charge in [-0.2, -0.15) is 5.26 Å². The molecule has 0 aromatic heterocycles. The SMILES string of the molecule is CC(=O)C1=C(OCc2ccccc2)OC(N)=C(C#N)C12C(=O)Nc1ccccc12. The molecule has 2 aromatic carbocycles. The zero-order valence-corrected chi connectivity index (χ0v) is 15.6. The summed E-state index contributed by atoms with van der Waals surface area (Å²) in [6.45, 7) is 1.40. The smallest absolute Gasteiger partial charge is 0.295 e. The van der Waals surface area contributed by atoms with Gasteiger partial charge in [0.05, 0.1) is 0 Å². The zero-order valence-electron chi connectivity index (χ0n) is 15.6. The molecule has 1 unspecified atom stereocenters. The van der Waals surface area contributed by atoms with Crippen LogP contribution >= 0.6 is 0 Å². The molecule has 7 nitrogen and oxygen atoms in total. The van der Waals surface area contributed by atoms with Gasteiger partial charge in [-0.1, -0.05) is 48.5 Å². The standard InChI is InChI=1S/C22H17N3O4/c1-13(26)18-20(28-12-14-7-3-2-4-8-14)29-19(24)16(11-23)22(18)15-9-5-6-10-17(15)25-21(22)27/h2-10H,12,24H2,1H3,(H,25,27). The molecule has 0 saturated carbocycles. The van der Waals surface area contributed by atoms with E-state index in [0.717, 1.165) is 5.56 Å². The van der Waals surface area contributed by atoms with Gasteiger partial charge in [0, 0.05) is 11.3 Å². The molecule has 0 fully saturated rings. The van der Waals surface area contributed by atoms with Crippen molar-refractivity contribution in [1.29, 1.82) is 5.26 Å². The van der Waals surface area contributed by atoms with Crippen LogP contribution in [-0.4, -0.2) is 11.7 Å². The molecule has 0 saturated heterocycles. The van der Waals surface area contributed by atoms with E-state index in [1.54, 1.807) is 24.3 Å². The highest BCUT2D eigenvalue weighted by Crippen LogP contribution is 2.51. The molecule has 2 heterocycles. The molecule has 0 radical (unpaired) electrons. The second-order valence-corrected chi connectivity index (χ2v) is 6.70. The summed E-state index contributed by atoms with van der Waals surface area (Å²) in [5.41, 5.74) is 5.90. The highest BCUT2D eigenvalue weighted by atomic mass is 16.7. The Kier molecular flexibility index (Phi) is 4.32. The fraction of sp³-hybridized carbons (Fsp3) is 0.136. The molecule has 1 spiro atoms. The van der Waals surface area contributed by atoms with Crippen molar-refractivity contribution >= 4 is 17.4 Å². The van der Waals surface area contributed by atoms with Crippen molar-refractivity contribution in [1.82, 2.24) is 0 Å². The van der Waals surface area contributed by atoms with Crippen LogP contribution in [0.15, 0.2) is 77.6 Å². The van der Waals surface area contributed by atoms with E-state index in [9.17, 15) is 14.9 Å². The van der Waals surface area contributed by atoms with Gasteiger partial charge >= 0.3 is 0 Å². The number of fused-ring (bicyclic) bond motifs is 2. The van der Waals surface area contributed by atoms with E-state index in [4.69, 9.17) is 15.2 Å². The average molecular weight is 387 g/mol. The van der Waals surface area contributed by atoms with Crippen molar-refractivity contribution in [3.05, 3.63) is 88.7 Å². The number of amides is 1. The van der Waals surface area contributed by atoms with Gasteiger partial charge in [-0.25, -0.2) is 0 Å². The van der Waals surface area contributed by atoms with Gasteiger partial charge in [0.2, 0.25) is 11.8 Å². The normalized spacial score (nSPS) is 20.1. The number of nitriles is 1. The van der Waals surface area contributed by atoms with Crippen LogP contribution in [0.25, 0.3) is 0 Å². The second-order valence-electron chi connectivity index (χ2n) is 6.70. The Morgan fingerprint density at radius 1 is 1.21 bits per heavy atom. The van der Waals surface area contributed by atoms with Gasteiger partial charge in [-0.05, 0) is 18.6 Å². The minimum absolute atomic E-state index is 0.0540. The van der Waals surface area contributed by atoms with E-state index in [1.165, 1.54) is 6.92 Å². The Bertz CT molecular complexity index is 1130. The topological polar surface area (TPSA) is 114 Å². The van der Waals surface area contributed by atoms with Crippen LogP contribution in [0.5, 0.6) is 0 Å². The predicted octanol–water partition coefficient (Wildman–Crippen LogP) is 2.62. The minimum atomic E-state index is -1.72. The predicted molar refractivity (Wildman–Crippen MR) is 104 cm³/mol. The molecular formula is C22H17N3O4. The van der Waals surface area contributed by atoms with Crippen LogP contribution in [0.4, 0.5) is 5.69 Å². The average Bonchev–Trinajstić information content (AvgIpc) is 2.99. The lowest BCUT2D eigenvalue weighted by Crippen LogP contribution is -2.45. The van der Waals surface area contributed by atoms with Gasteiger partial charge < -0.3 is 20.5 Å². The third-order valence-electron chi connectivity index (χ3n) is 5.00. The number of hydrogen-bond donors (Lipinski definition) is 2. The van der Waals surface area contributed by atoms with Crippen LogP contribution in [0.3, 0.4) is 0 Å². The van der Waals surface area contributed by atoms with Gasteiger partial charge in [0.25, 0.3) is 5.95 Å². The summed E-state index contributed by atoms with van der Waals surface area (Å²) in [6, 6.07) is 18.1.